The van der Waals surface area contributed by atoms with Crippen LogP contribution in [-0.2, 0) is 32.6 Å². The zero-order chi connectivity index (χ0) is 32.8. The summed E-state index contributed by atoms with van der Waals surface area (Å²) >= 11 is 12.4. The third kappa shape index (κ3) is 7.55. The van der Waals surface area contributed by atoms with Gasteiger partial charge in [0.1, 0.15) is 31.6 Å². The number of sulfonamides is 1. The van der Waals surface area contributed by atoms with Gasteiger partial charge >= 0.3 is 0 Å². The van der Waals surface area contributed by atoms with Gasteiger partial charge in [0.05, 0.1) is 20.6 Å². The lowest BCUT2D eigenvalue weighted by molar-refractivity contribution is -0.139. The lowest BCUT2D eigenvalue weighted by Crippen LogP contribution is -2.53. The van der Waals surface area contributed by atoms with E-state index in [4.69, 9.17) is 32.7 Å². The van der Waals surface area contributed by atoms with E-state index in [0.717, 1.165) is 22.0 Å². The van der Waals surface area contributed by atoms with E-state index in [1.54, 1.807) is 18.2 Å². The topological polar surface area (TPSA) is 105 Å². The Kier molecular flexibility index (Phi) is 10.4. The third-order valence-corrected chi connectivity index (χ3v) is 9.86. The van der Waals surface area contributed by atoms with Crippen molar-refractivity contribution in [2.45, 2.75) is 23.9 Å². The maximum Gasteiger partial charge on any atom is 0.264 e. The van der Waals surface area contributed by atoms with E-state index >= 15 is 0 Å². The van der Waals surface area contributed by atoms with Gasteiger partial charge in [0, 0.05) is 26.1 Å². The van der Waals surface area contributed by atoms with Gasteiger partial charge in [-0.25, -0.2) is 12.8 Å². The number of nitrogens with one attached hydrogen (secondary N) is 1. The number of amides is 2. The first-order valence-electron chi connectivity index (χ1n) is 14.2. The Labute approximate surface area is 276 Å². The molecule has 0 aromatic heterocycles. The standard InChI is InChI=1S/C33H30Cl2FN3O6S/c1-37-33(41)29(18-22-5-3-2-4-6-22)38(20-23-7-13-27(34)28(35)17-23)32(40)21-39(25-10-8-24(36)9-11-25)46(42,43)26-12-14-30-31(19-26)45-16-15-44-30/h2-14,17,19,29H,15-16,18,20-21H2,1H3,(H,37,41)/t29-/m1/s1. The van der Waals surface area contributed by atoms with Crippen LogP contribution in [0.25, 0.3) is 0 Å². The minimum Gasteiger partial charge on any atom is -0.486 e. The van der Waals surface area contributed by atoms with E-state index in [1.807, 2.05) is 30.3 Å². The van der Waals surface area contributed by atoms with Crippen molar-refractivity contribution < 1.29 is 31.9 Å². The molecule has 1 aliphatic heterocycles. The second kappa shape index (κ2) is 14.4. The van der Waals surface area contributed by atoms with Gasteiger partial charge < -0.3 is 19.7 Å². The van der Waals surface area contributed by atoms with Gasteiger partial charge in [-0.3, -0.25) is 13.9 Å². The second-order valence-corrected chi connectivity index (χ2v) is 13.1. The van der Waals surface area contributed by atoms with Crippen LogP contribution in [-0.4, -0.2) is 58.0 Å². The average Bonchev–Trinajstić information content (AvgIpc) is 3.07. The van der Waals surface area contributed by atoms with E-state index in [1.165, 1.54) is 42.3 Å². The molecule has 0 radical (unpaired) electrons. The van der Waals surface area contributed by atoms with Crippen molar-refractivity contribution in [3.8, 4) is 11.5 Å². The highest BCUT2D eigenvalue weighted by Crippen LogP contribution is 2.34. The molecule has 13 heteroatoms. The number of hydrogen-bond donors (Lipinski definition) is 1. The normalized spacial score (nSPS) is 13.0. The second-order valence-electron chi connectivity index (χ2n) is 10.4. The molecule has 240 valence electrons. The van der Waals surface area contributed by atoms with Crippen LogP contribution in [0.4, 0.5) is 10.1 Å². The van der Waals surface area contributed by atoms with Crippen LogP contribution in [0.15, 0.2) is 95.9 Å². The number of carbonyl (C=O) groups excluding carboxylic acids is 2. The number of carbonyl (C=O) groups is 2. The summed E-state index contributed by atoms with van der Waals surface area (Å²) in [6, 6.07) is 21.8. The van der Waals surface area contributed by atoms with Gasteiger partial charge in [-0.1, -0.05) is 59.6 Å². The molecule has 4 aromatic rings. The van der Waals surface area contributed by atoms with Crippen molar-refractivity contribution in [3.63, 3.8) is 0 Å². The molecule has 5 rings (SSSR count). The summed E-state index contributed by atoms with van der Waals surface area (Å²) in [4.78, 5) is 28.9. The molecule has 2 amide bonds. The van der Waals surface area contributed by atoms with Gasteiger partial charge in [0.15, 0.2) is 11.5 Å². The summed E-state index contributed by atoms with van der Waals surface area (Å²) in [5.74, 6) is -1.12. The Morgan fingerprint density at radius 1 is 0.870 bits per heavy atom. The van der Waals surface area contributed by atoms with Crippen LogP contribution in [0.2, 0.25) is 10.0 Å². The number of rotatable bonds is 11. The fraction of sp³-hybridized carbons (Fsp3) is 0.212. The Balaban J connectivity index is 1.57. The number of halogens is 3. The molecule has 0 spiro atoms. The van der Waals surface area contributed by atoms with Crippen molar-refractivity contribution >= 4 is 50.7 Å². The molecule has 1 N–H and O–H groups in total. The number of likely N-dealkylation sites (N-methyl/N-ethyl adjacent to an activating group) is 1. The van der Waals surface area contributed by atoms with Crippen molar-refractivity contribution in [1.82, 2.24) is 10.2 Å². The van der Waals surface area contributed by atoms with Crippen LogP contribution in [0, 0.1) is 5.82 Å². The quantitative estimate of drug-likeness (QED) is 0.224. The maximum atomic E-state index is 14.4. The first-order chi connectivity index (χ1) is 22.1. The van der Waals surface area contributed by atoms with Crippen LogP contribution in [0.5, 0.6) is 11.5 Å². The summed E-state index contributed by atoms with van der Waals surface area (Å²) < 4.78 is 54.4. The molecular formula is C33H30Cl2FN3O6S. The number of anilines is 1. The Hall–Kier alpha value is -4.32. The molecule has 1 atom stereocenters. The zero-order valence-corrected chi connectivity index (χ0v) is 27.0. The molecule has 9 nitrogen and oxygen atoms in total. The molecule has 0 saturated carbocycles. The highest BCUT2D eigenvalue weighted by molar-refractivity contribution is 7.92. The largest absolute Gasteiger partial charge is 0.486 e. The fourth-order valence-electron chi connectivity index (χ4n) is 5.00. The summed E-state index contributed by atoms with van der Waals surface area (Å²) in [5.41, 5.74) is 1.38. The van der Waals surface area contributed by atoms with Gasteiger partial charge in [-0.05, 0) is 59.7 Å². The summed E-state index contributed by atoms with van der Waals surface area (Å²) in [6.07, 6.45) is 0.138. The van der Waals surface area contributed by atoms with Gasteiger partial charge in [0.25, 0.3) is 10.0 Å². The molecule has 46 heavy (non-hydrogen) atoms. The minimum absolute atomic E-state index is 0.0404. The third-order valence-electron chi connectivity index (χ3n) is 7.35. The average molecular weight is 687 g/mol. The van der Waals surface area contributed by atoms with Crippen molar-refractivity contribution in [3.05, 3.63) is 118 Å². The van der Waals surface area contributed by atoms with E-state index in [9.17, 15) is 22.4 Å². The van der Waals surface area contributed by atoms with E-state index in [2.05, 4.69) is 5.32 Å². The molecule has 0 bridgehead atoms. The predicted molar refractivity (Wildman–Crippen MR) is 173 cm³/mol. The summed E-state index contributed by atoms with van der Waals surface area (Å²) in [6.45, 7) is -0.254. The van der Waals surface area contributed by atoms with Crippen LogP contribution < -0.4 is 19.1 Å². The van der Waals surface area contributed by atoms with E-state index < -0.39 is 40.2 Å². The Bertz CT molecular complexity index is 1830. The molecule has 1 heterocycles. The zero-order valence-electron chi connectivity index (χ0n) is 24.7. The first kappa shape index (κ1) is 33.1. The Morgan fingerprint density at radius 2 is 1.57 bits per heavy atom. The van der Waals surface area contributed by atoms with Gasteiger partial charge in [-0.2, -0.15) is 0 Å². The smallest absolute Gasteiger partial charge is 0.264 e. The maximum absolute atomic E-state index is 14.4. The molecular weight excluding hydrogens is 656 g/mol. The van der Waals surface area contributed by atoms with E-state index in [0.29, 0.717) is 22.9 Å². The number of nitrogens with zero attached hydrogens (tertiary/aromatic N) is 2. The van der Waals surface area contributed by atoms with Crippen molar-refractivity contribution in [2.24, 2.45) is 0 Å². The molecule has 4 aromatic carbocycles. The molecule has 0 unspecified atom stereocenters. The lowest BCUT2D eigenvalue weighted by atomic mass is 10.0. The first-order valence-corrected chi connectivity index (χ1v) is 16.4. The lowest BCUT2D eigenvalue weighted by Gasteiger charge is -2.33. The van der Waals surface area contributed by atoms with Crippen LogP contribution in [0.1, 0.15) is 11.1 Å². The van der Waals surface area contributed by atoms with Crippen molar-refractivity contribution in [1.29, 1.82) is 0 Å². The van der Waals surface area contributed by atoms with Crippen molar-refractivity contribution in [2.75, 3.05) is 31.1 Å². The molecule has 1 aliphatic rings. The van der Waals surface area contributed by atoms with Gasteiger partial charge in [0.2, 0.25) is 11.8 Å². The molecule has 0 fully saturated rings. The number of hydrogen-bond acceptors (Lipinski definition) is 6. The Morgan fingerprint density at radius 3 is 2.24 bits per heavy atom. The predicted octanol–water partition coefficient (Wildman–Crippen LogP) is 5.49. The minimum atomic E-state index is -4.44. The highest BCUT2D eigenvalue weighted by Gasteiger charge is 2.35. The SMILES string of the molecule is CNC(=O)[C@@H](Cc1ccccc1)N(Cc1ccc(Cl)c(Cl)c1)C(=O)CN(c1ccc(F)cc1)S(=O)(=O)c1ccc2c(c1)OCCO2. The van der Waals surface area contributed by atoms with Gasteiger partial charge in [-0.15, -0.1) is 0 Å². The summed E-state index contributed by atoms with van der Waals surface area (Å²) in [7, 11) is -2.98. The molecule has 0 aliphatic carbocycles. The number of fused-ring (bicyclic) bond motifs is 1. The molecule has 0 saturated heterocycles. The number of benzene rings is 4. The summed E-state index contributed by atoms with van der Waals surface area (Å²) in [5, 5.41) is 3.18. The van der Waals surface area contributed by atoms with E-state index in [-0.39, 0.29) is 40.9 Å². The van der Waals surface area contributed by atoms with Crippen LogP contribution >= 0.6 is 23.2 Å². The fourth-order valence-corrected chi connectivity index (χ4v) is 6.75. The highest BCUT2D eigenvalue weighted by atomic mass is 35.5. The number of ether oxygens (including phenoxy) is 2. The van der Waals surface area contributed by atoms with Crippen LogP contribution in [0.3, 0.4) is 0 Å². The monoisotopic (exact) mass is 685 g/mol.